The van der Waals surface area contributed by atoms with E-state index in [1.165, 1.54) is 5.56 Å². The molecule has 2 aromatic carbocycles. The summed E-state index contributed by atoms with van der Waals surface area (Å²) in [4.78, 5) is 13.0. The molecule has 2 aromatic rings. The van der Waals surface area contributed by atoms with Gasteiger partial charge in [-0.15, -0.1) is 0 Å². The van der Waals surface area contributed by atoms with Gasteiger partial charge in [0.15, 0.2) is 5.52 Å². The molecule has 0 saturated carbocycles. The molecule has 2 rings (SSSR count). The zero-order chi connectivity index (χ0) is 20.2. The lowest BCUT2D eigenvalue weighted by molar-refractivity contribution is 0.108. The van der Waals surface area contributed by atoms with Gasteiger partial charge in [-0.25, -0.2) is 0 Å². The van der Waals surface area contributed by atoms with Gasteiger partial charge >= 0.3 is 0 Å². The molecule has 0 aliphatic heterocycles. The van der Waals surface area contributed by atoms with Gasteiger partial charge in [-0.05, 0) is 74.5 Å². The smallest absolute Gasteiger partial charge is 0.186 e. The standard InChI is InChI=1S/C23H31O3P/c1-15-14-19(26-11-10-25-7)8-9-20(15)27-22(24)21-16(2)12-18(13-17(21)3)23(4,5)6/h8-9,12-14,27H,10-11H2,1-7H3. The average Bonchev–Trinajstić information content (AvgIpc) is 2.56. The summed E-state index contributed by atoms with van der Waals surface area (Å²) in [6.07, 6.45) is 0. The van der Waals surface area contributed by atoms with Crippen molar-refractivity contribution < 1.29 is 14.3 Å². The third-order valence-corrected chi connectivity index (χ3v) is 5.94. The fourth-order valence-electron chi connectivity index (χ4n) is 3.05. The van der Waals surface area contributed by atoms with Gasteiger partial charge in [0.1, 0.15) is 12.4 Å². The minimum absolute atomic E-state index is 0.0780. The Hall–Kier alpha value is -1.70. The van der Waals surface area contributed by atoms with Gasteiger partial charge < -0.3 is 9.47 Å². The number of ether oxygens (including phenoxy) is 2. The van der Waals surface area contributed by atoms with Crippen molar-refractivity contribution in [3.05, 3.63) is 58.1 Å². The fraction of sp³-hybridized carbons (Fsp3) is 0.435. The first-order valence-electron chi connectivity index (χ1n) is 9.29. The second-order valence-corrected chi connectivity index (χ2v) is 9.25. The molecule has 0 aliphatic rings. The molecule has 1 atom stereocenters. The van der Waals surface area contributed by atoms with Crippen molar-refractivity contribution in [2.45, 2.75) is 47.0 Å². The molecule has 27 heavy (non-hydrogen) atoms. The maximum absolute atomic E-state index is 13.0. The number of carbonyl (C=O) groups is 1. The molecule has 0 radical (unpaired) electrons. The molecule has 0 spiro atoms. The molecule has 3 nitrogen and oxygen atoms in total. The highest BCUT2D eigenvalue weighted by molar-refractivity contribution is 7.66. The van der Waals surface area contributed by atoms with Crippen molar-refractivity contribution in [3.8, 4) is 5.75 Å². The molecule has 0 saturated heterocycles. The highest BCUT2D eigenvalue weighted by Gasteiger charge is 2.20. The Kier molecular flexibility index (Phi) is 7.19. The van der Waals surface area contributed by atoms with Crippen LogP contribution in [0.15, 0.2) is 30.3 Å². The van der Waals surface area contributed by atoms with E-state index in [4.69, 9.17) is 9.47 Å². The van der Waals surface area contributed by atoms with Gasteiger partial charge in [0, 0.05) is 12.7 Å². The zero-order valence-electron chi connectivity index (χ0n) is 17.5. The monoisotopic (exact) mass is 386 g/mol. The first kappa shape index (κ1) is 21.6. The van der Waals surface area contributed by atoms with Crippen molar-refractivity contribution in [1.82, 2.24) is 0 Å². The summed E-state index contributed by atoms with van der Waals surface area (Å²) in [5.41, 5.74) is 5.62. The lowest BCUT2D eigenvalue weighted by Crippen LogP contribution is -2.14. The number of benzene rings is 2. The normalized spacial score (nSPS) is 12.0. The quantitative estimate of drug-likeness (QED) is 0.492. The molecule has 0 N–H and O–H groups in total. The van der Waals surface area contributed by atoms with Crippen LogP contribution in [-0.2, 0) is 10.2 Å². The summed E-state index contributed by atoms with van der Waals surface area (Å²) in [7, 11) is 1.77. The van der Waals surface area contributed by atoms with Crippen LogP contribution in [0.1, 0.15) is 53.4 Å². The highest BCUT2D eigenvalue weighted by Crippen LogP contribution is 2.31. The number of aryl methyl sites for hydroxylation is 3. The van der Waals surface area contributed by atoms with Crippen molar-refractivity contribution in [1.29, 1.82) is 0 Å². The van der Waals surface area contributed by atoms with Gasteiger partial charge in [-0.1, -0.05) is 39.0 Å². The summed E-state index contributed by atoms with van der Waals surface area (Å²) in [5.74, 6) is 0.812. The van der Waals surface area contributed by atoms with Crippen LogP contribution in [0, 0.1) is 20.8 Å². The second-order valence-electron chi connectivity index (χ2n) is 8.01. The first-order valence-corrected chi connectivity index (χ1v) is 10.3. The van der Waals surface area contributed by atoms with Crippen molar-refractivity contribution >= 4 is 19.4 Å². The highest BCUT2D eigenvalue weighted by atomic mass is 31.1. The summed E-state index contributed by atoms with van der Waals surface area (Å²) >= 11 is 0. The summed E-state index contributed by atoms with van der Waals surface area (Å²) < 4.78 is 10.7. The molecule has 0 fully saturated rings. The van der Waals surface area contributed by atoms with Crippen LogP contribution in [0.2, 0.25) is 0 Å². The van der Waals surface area contributed by atoms with Gasteiger partial charge in [-0.3, -0.25) is 4.79 Å². The average molecular weight is 386 g/mol. The van der Waals surface area contributed by atoms with E-state index in [9.17, 15) is 4.79 Å². The Morgan fingerprint density at radius 2 is 1.59 bits per heavy atom. The van der Waals surface area contributed by atoms with E-state index in [1.807, 2.05) is 39.0 Å². The molecule has 0 amide bonds. The summed E-state index contributed by atoms with van der Waals surface area (Å²) in [5, 5.41) is 1.07. The van der Waals surface area contributed by atoms with Crippen LogP contribution in [0.5, 0.6) is 5.75 Å². The molecule has 0 bridgehead atoms. The molecule has 1 unspecified atom stereocenters. The predicted octanol–water partition coefficient (Wildman–Crippen LogP) is 5.08. The fourth-order valence-corrected chi connectivity index (χ4v) is 4.25. The molecule has 0 aliphatic carbocycles. The first-order chi connectivity index (χ1) is 12.6. The second kappa shape index (κ2) is 8.99. The van der Waals surface area contributed by atoms with Crippen LogP contribution < -0.4 is 10.0 Å². The Morgan fingerprint density at radius 3 is 2.11 bits per heavy atom. The van der Waals surface area contributed by atoms with E-state index < -0.39 is 0 Å². The Balaban J connectivity index is 2.20. The SMILES string of the molecule is COCCOc1ccc(PC(=O)c2c(C)cc(C(C)(C)C)cc2C)c(C)c1. The Bertz CT molecular complexity index is 796. The van der Waals surface area contributed by atoms with Crippen LogP contribution in [-0.4, -0.2) is 25.8 Å². The molecular formula is C23H31O3P. The number of carbonyl (C=O) groups excluding carboxylic acids is 1. The molecule has 0 aromatic heterocycles. The van der Waals surface area contributed by atoms with E-state index >= 15 is 0 Å². The minimum atomic E-state index is 0.0780. The van der Waals surface area contributed by atoms with E-state index in [-0.39, 0.29) is 19.5 Å². The van der Waals surface area contributed by atoms with E-state index in [1.54, 1.807) is 7.11 Å². The third-order valence-electron chi connectivity index (χ3n) is 4.63. The van der Waals surface area contributed by atoms with Gasteiger partial charge in [0.05, 0.1) is 6.61 Å². The number of hydrogen-bond donors (Lipinski definition) is 0. The topological polar surface area (TPSA) is 35.5 Å². The Labute approximate surface area is 165 Å². The third kappa shape index (κ3) is 5.64. The number of hydrogen-bond acceptors (Lipinski definition) is 3. The summed E-state index contributed by atoms with van der Waals surface area (Å²) in [6.45, 7) is 13.8. The molecule has 146 valence electrons. The van der Waals surface area contributed by atoms with Gasteiger partial charge in [0.2, 0.25) is 0 Å². The maximum Gasteiger partial charge on any atom is 0.186 e. The van der Waals surface area contributed by atoms with E-state index in [2.05, 4.69) is 32.9 Å². The number of methoxy groups -OCH3 is 1. The number of rotatable bonds is 7. The zero-order valence-corrected chi connectivity index (χ0v) is 18.5. The largest absolute Gasteiger partial charge is 0.491 e. The lowest BCUT2D eigenvalue weighted by atomic mass is 9.84. The van der Waals surface area contributed by atoms with Crippen molar-refractivity contribution in [2.75, 3.05) is 20.3 Å². The van der Waals surface area contributed by atoms with E-state index in [0.717, 1.165) is 33.3 Å². The summed E-state index contributed by atoms with van der Waals surface area (Å²) in [6, 6.07) is 10.2. The van der Waals surface area contributed by atoms with Crippen LogP contribution in [0.4, 0.5) is 0 Å². The van der Waals surface area contributed by atoms with Crippen molar-refractivity contribution in [3.63, 3.8) is 0 Å². The van der Waals surface area contributed by atoms with Crippen molar-refractivity contribution in [2.24, 2.45) is 0 Å². The molecule has 0 heterocycles. The van der Waals surface area contributed by atoms with Gasteiger partial charge in [0.25, 0.3) is 0 Å². The van der Waals surface area contributed by atoms with Gasteiger partial charge in [-0.2, -0.15) is 0 Å². The lowest BCUT2D eigenvalue weighted by Gasteiger charge is -2.22. The van der Waals surface area contributed by atoms with Crippen LogP contribution in [0.25, 0.3) is 0 Å². The Morgan fingerprint density at radius 1 is 0.963 bits per heavy atom. The molecule has 4 heteroatoms. The maximum atomic E-state index is 13.0. The van der Waals surface area contributed by atoms with Crippen LogP contribution in [0.3, 0.4) is 0 Å². The van der Waals surface area contributed by atoms with E-state index in [0.29, 0.717) is 13.2 Å². The molecular weight excluding hydrogens is 355 g/mol. The van der Waals surface area contributed by atoms with Crippen LogP contribution >= 0.6 is 8.58 Å². The minimum Gasteiger partial charge on any atom is -0.491 e. The predicted molar refractivity (Wildman–Crippen MR) is 115 cm³/mol.